The molecule has 1 aliphatic heterocycles. The van der Waals surface area contributed by atoms with E-state index in [0.29, 0.717) is 0 Å². The van der Waals surface area contributed by atoms with E-state index < -0.39 is 0 Å². The van der Waals surface area contributed by atoms with Crippen molar-refractivity contribution in [3.63, 3.8) is 0 Å². The molecule has 0 radical (unpaired) electrons. The maximum atomic E-state index is 9.92. The van der Waals surface area contributed by atoms with Crippen LogP contribution in [0.2, 0.25) is 0 Å². The summed E-state index contributed by atoms with van der Waals surface area (Å²) in [6, 6.07) is 10.1. The molecular weight excluding hydrogens is 236 g/mol. The van der Waals surface area contributed by atoms with Crippen molar-refractivity contribution in [2.75, 3.05) is 13.1 Å². The highest BCUT2D eigenvalue weighted by Gasteiger charge is 2.47. The normalized spacial score (nSPS) is 25.8. The number of aliphatic hydroxyl groups excluding tert-OH is 1. The molecule has 3 heteroatoms. The zero-order chi connectivity index (χ0) is 13.3. The summed E-state index contributed by atoms with van der Waals surface area (Å²) in [5, 5.41) is 19.0. The second-order valence-electron chi connectivity index (χ2n) is 5.96. The third-order valence-corrected chi connectivity index (χ3v) is 5.01. The summed E-state index contributed by atoms with van der Waals surface area (Å²) in [4.78, 5) is 2.41. The van der Waals surface area contributed by atoms with Gasteiger partial charge in [0.05, 0.1) is 17.7 Å². The third-order valence-electron chi connectivity index (χ3n) is 5.01. The smallest absolute Gasteiger partial charge is 0.0995 e. The van der Waals surface area contributed by atoms with Gasteiger partial charge in [0.1, 0.15) is 0 Å². The molecule has 1 saturated heterocycles. The Labute approximate surface area is 114 Å². The maximum Gasteiger partial charge on any atom is 0.0995 e. The number of hydrogen-bond acceptors (Lipinski definition) is 3. The van der Waals surface area contributed by atoms with Gasteiger partial charge in [-0.15, -0.1) is 0 Å². The minimum atomic E-state index is -0.0685. The fourth-order valence-corrected chi connectivity index (χ4v) is 3.43. The molecule has 1 N–H and O–H groups in total. The van der Waals surface area contributed by atoms with Gasteiger partial charge >= 0.3 is 0 Å². The molecule has 0 aromatic heterocycles. The lowest BCUT2D eigenvalue weighted by atomic mass is 9.61. The van der Waals surface area contributed by atoms with Gasteiger partial charge in [-0.25, -0.2) is 0 Å². The second kappa shape index (κ2) is 4.96. The molecule has 1 spiro atoms. The fourth-order valence-electron chi connectivity index (χ4n) is 3.43. The summed E-state index contributed by atoms with van der Waals surface area (Å²) >= 11 is 0. The number of likely N-dealkylation sites (tertiary alicyclic amines) is 1. The van der Waals surface area contributed by atoms with Gasteiger partial charge < -0.3 is 5.11 Å². The summed E-state index contributed by atoms with van der Waals surface area (Å²) in [5.74, 6) is 0. The van der Waals surface area contributed by atoms with E-state index in [-0.39, 0.29) is 11.5 Å². The van der Waals surface area contributed by atoms with Gasteiger partial charge in [0, 0.05) is 6.54 Å². The van der Waals surface area contributed by atoms with E-state index in [0.717, 1.165) is 50.0 Å². The topological polar surface area (TPSA) is 47.3 Å². The molecule has 1 aromatic rings. The summed E-state index contributed by atoms with van der Waals surface area (Å²) in [6.45, 7) is 2.93. The Morgan fingerprint density at radius 2 is 2.00 bits per heavy atom. The molecule has 3 nitrogen and oxygen atoms in total. The van der Waals surface area contributed by atoms with Crippen LogP contribution in [0.5, 0.6) is 0 Å². The molecule has 19 heavy (non-hydrogen) atoms. The van der Waals surface area contributed by atoms with Crippen LogP contribution in [0.4, 0.5) is 0 Å². The lowest BCUT2D eigenvalue weighted by molar-refractivity contribution is -0.100. The molecule has 2 fully saturated rings. The predicted octanol–water partition coefficient (Wildman–Crippen LogP) is 2.30. The SMILES string of the molecule is N#Cc1ccccc1CN1CCC2(CCC2O)CC1. The number of nitrogens with zero attached hydrogens (tertiary/aromatic N) is 2. The Morgan fingerprint density at radius 1 is 1.26 bits per heavy atom. The zero-order valence-corrected chi connectivity index (χ0v) is 11.2. The van der Waals surface area contributed by atoms with Crippen LogP contribution in [0.15, 0.2) is 24.3 Å². The van der Waals surface area contributed by atoms with Crippen LogP contribution in [0.3, 0.4) is 0 Å². The molecule has 2 aliphatic rings. The molecule has 1 aromatic carbocycles. The van der Waals surface area contributed by atoms with Crippen molar-refractivity contribution in [2.45, 2.75) is 38.3 Å². The van der Waals surface area contributed by atoms with Crippen molar-refractivity contribution in [2.24, 2.45) is 5.41 Å². The van der Waals surface area contributed by atoms with Gasteiger partial charge in [0.25, 0.3) is 0 Å². The van der Waals surface area contributed by atoms with Gasteiger partial charge in [-0.05, 0) is 55.8 Å². The summed E-state index contributed by atoms with van der Waals surface area (Å²) in [5.41, 5.74) is 2.13. The van der Waals surface area contributed by atoms with Crippen LogP contribution < -0.4 is 0 Å². The molecule has 0 bridgehead atoms. The Morgan fingerprint density at radius 3 is 2.58 bits per heavy atom. The third kappa shape index (κ3) is 2.27. The van der Waals surface area contributed by atoms with Crippen molar-refractivity contribution in [3.8, 4) is 6.07 Å². The zero-order valence-electron chi connectivity index (χ0n) is 11.2. The molecule has 1 saturated carbocycles. The first-order chi connectivity index (χ1) is 9.23. The van der Waals surface area contributed by atoms with E-state index in [4.69, 9.17) is 5.26 Å². The quantitative estimate of drug-likeness (QED) is 0.883. The monoisotopic (exact) mass is 256 g/mol. The highest BCUT2D eigenvalue weighted by Crippen LogP contribution is 2.49. The predicted molar refractivity (Wildman–Crippen MR) is 73.3 cm³/mol. The Bertz CT molecular complexity index is 498. The molecule has 3 rings (SSSR count). The maximum absolute atomic E-state index is 9.92. The van der Waals surface area contributed by atoms with Crippen molar-refractivity contribution in [1.29, 1.82) is 5.26 Å². The standard InChI is InChI=1S/C16H20N2O/c17-11-13-3-1-2-4-14(13)12-18-9-7-16(8-10-18)6-5-15(16)19/h1-4,15,19H,5-10,12H2. The molecule has 100 valence electrons. The first-order valence-electron chi connectivity index (χ1n) is 7.12. The van der Waals surface area contributed by atoms with Crippen LogP contribution in [0.1, 0.15) is 36.8 Å². The highest BCUT2D eigenvalue weighted by atomic mass is 16.3. The largest absolute Gasteiger partial charge is 0.393 e. The number of aliphatic hydroxyl groups is 1. The first kappa shape index (κ1) is 12.7. The van der Waals surface area contributed by atoms with Gasteiger partial charge in [-0.3, -0.25) is 4.90 Å². The Kier molecular flexibility index (Phi) is 3.30. The van der Waals surface area contributed by atoms with E-state index in [1.165, 1.54) is 6.42 Å². The van der Waals surface area contributed by atoms with Gasteiger partial charge in [0.15, 0.2) is 0 Å². The van der Waals surface area contributed by atoms with Gasteiger partial charge in [-0.2, -0.15) is 5.26 Å². The van der Waals surface area contributed by atoms with Crippen LogP contribution >= 0.6 is 0 Å². The van der Waals surface area contributed by atoms with E-state index in [2.05, 4.69) is 11.0 Å². The van der Waals surface area contributed by atoms with Crippen LogP contribution in [0, 0.1) is 16.7 Å². The number of piperidine rings is 1. The molecule has 1 unspecified atom stereocenters. The number of rotatable bonds is 2. The average Bonchev–Trinajstić information content (AvgIpc) is 2.47. The average molecular weight is 256 g/mol. The minimum absolute atomic E-state index is 0.0685. The van der Waals surface area contributed by atoms with Crippen molar-refractivity contribution in [3.05, 3.63) is 35.4 Å². The van der Waals surface area contributed by atoms with E-state index in [1.807, 2.05) is 24.3 Å². The highest BCUT2D eigenvalue weighted by molar-refractivity contribution is 5.37. The fraction of sp³-hybridized carbons (Fsp3) is 0.562. The number of nitriles is 1. The van der Waals surface area contributed by atoms with E-state index in [1.54, 1.807) is 0 Å². The molecule has 0 amide bonds. The van der Waals surface area contributed by atoms with Crippen molar-refractivity contribution in [1.82, 2.24) is 4.90 Å². The summed E-state index contributed by atoms with van der Waals surface area (Å²) in [7, 11) is 0. The number of hydrogen-bond donors (Lipinski definition) is 1. The first-order valence-corrected chi connectivity index (χ1v) is 7.12. The van der Waals surface area contributed by atoms with Gasteiger partial charge in [0.2, 0.25) is 0 Å². The molecule has 1 atom stereocenters. The lowest BCUT2D eigenvalue weighted by Gasteiger charge is -2.51. The summed E-state index contributed by atoms with van der Waals surface area (Å²) in [6.07, 6.45) is 4.31. The molecular formula is C16H20N2O. The van der Waals surface area contributed by atoms with Crippen LogP contribution in [-0.2, 0) is 6.54 Å². The van der Waals surface area contributed by atoms with E-state index >= 15 is 0 Å². The van der Waals surface area contributed by atoms with Crippen LogP contribution in [-0.4, -0.2) is 29.2 Å². The number of benzene rings is 1. The summed E-state index contributed by atoms with van der Waals surface area (Å²) < 4.78 is 0. The lowest BCUT2D eigenvalue weighted by Crippen LogP contribution is -2.51. The van der Waals surface area contributed by atoms with Crippen molar-refractivity contribution >= 4 is 0 Å². The Hall–Kier alpha value is -1.37. The second-order valence-corrected chi connectivity index (χ2v) is 5.96. The Balaban J connectivity index is 1.62. The van der Waals surface area contributed by atoms with E-state index in [9.17, 15) is 5.11 Å². The minimum Gasteiger partial charge on any atom is -0.393 e. The van der Waals surface area contributed by atoms with Gasteiger partial charge in [-0.1, -0.05) is 18.2 Å². The van der Waals surface area contributed by atoms with Crippen LogP contribution in [0.25, 0.3) is 0 Å². The molecule has 1 heterocycles. The van der Waals surface area contributed by atoms with Crippen molar-refractivity contribution < 1.29 is 5.11 Å². The molecule has 1 aliphatic carbocycles.